The Kier molecular flexibility index (Phi) is 3.35. The second kappa shape index (κ2) is 4.13. The van der Waals surface area contributed by atoms with Gasteiger partial charge in [0.25, 0.3) is 0 Å². The molecule has 1 aromatic rings. The maximum Gasteiger partial charge on any atom is 0.321 e. The van der Waals surface area contributed by atoms with Gasteiger partial charge in [0.1, 0.15) is 5.25 Å². The topological polar surface area (TPSA) is 63.1 Å². The Morgan fingerprint density at radius 3 is 2.69 bits per heavy atom. The van der Waals surface area contributed by atoms with E-state index in [1.165, 1.54) is 6.07 Å². The molecule has 1 unspecified atom stereocenters. The molecule has 7 heteroatoms. The Labute approximate surface area is 89.3 Å². The second-order valence-corrected chi connectivity index (χ2v) is 3.42. The van der Waals surface area contributed by atoms with Gasteiger partial charge in [-0.25, -0.2) is 0 Å². The van der Waals surface area contributed by atoms with E-state index in [9.17, 15) is 4.79 Å². The number of aliphatic carboxylic acids is 1. The van der Waals surface area contributed by atoms with Crippen molar-refractivity contribution >= 4 is 41.8 Å². The summed E-state index contributed by atoms with van der Waals surface area (Å²) in [4.78, 5) is 10.5. The summed E-state index contributed by atoms with van der Waals surface area (Å²) < 4.78 is 0. The van der Waals surface area contributed by atoms with Crippen molar-refractivity contribution in [3.63, 3.8) is 0 Å². The quantitative estimate of drug-likeness (QED) is 0.773. The summed E-state index contributed by atoms with van der Waals surface area (Å²) in [7, 11) is 0. The largest absolute Gasteiger partial charge is 0.480 e. The van der Waals surface area contributed by atoms with E-state index in [0.29, 0.717) is 0 Å². The third-order valence-corrected chi connectivity index (χ3v) is 2.25. The number of carboxylic acid groups (broad SMARTS) is 1. The molecule has 0 spiro atoms. The first-order valence-electron chi connectivity index (χ1n) is 3.12. The lowest BCUT2D eigenvalue weighted by Gasteiger charge is -2.06. The van der Waals surface area contributed by atoms with E-state index >= 15 is 0 Å². The van der Waals surface area contributed by atoms with Crippen LogP contribution in [-0.2, 0) is 4.79 Å². The fraction of sp³-hybridized carbons (Fsp3) is 0.167. The summed E-state index contributed by atoms with van der Waals surface area (Å²) in [5.74, 6) is -1.12. The van der Waals surface area contributed by atoms with E-state index in [2.05, 4.69) is 22.8 Å². The fourth-order valence-electron chi connectivity index (χ4n) is 0.691. The van der Waals surface area contributed by atoms with Crippen molar-refractivity contribution in [2.45, 2.75) is 5.25 Å². The molecule has 0 aromatic carbocycles. The Hall–Kier alpha value is -0.520. The third-order valence-electron chi connectivity index (χ3n) is 1.27. The van der Waals surface area contributed by atoms with Crippen LogP contribution in [0.5, 0.6) is 0 Å². The van der Waals surface area contributed by atoms with Gasteiger partial charge in [0.2, 0.25) is 0 Å². The normalized spacial score (nSPS) is 12.5. The molecule has 0 aliphatic heterocycles. The van der Waals surface area contributed by atoms with Crippen LogP contribution in [0.25, 0.3) is 0 Å². The number of hydrogen-bond donors (Lipinski definition) is 2. The zero-order valence-corrected chi connectivity index (χ0v) is 8.51. The SMILES string of the molecule is O=C(O)C(S)c1cc(Cl)nnc1Cl. The van der Waals surface area contributed by atoms with Crippen LogP contribution < -0.4 is 0 Å². The number of rotatable bonds is 2. The van der Waals surface area contributed by atoms with Crippen LogP contribution in [0.1, 0.15) is 10.8 Å². The Balaban J connectivity index is 3.12. The van der Waals surface area contributed by atoms with Gasteiger partial charge in [-0.2, -0.15) is 12.6 Å². The summed E-state index contributed by atoms with van der Waals surface area (Å²) in [5, 5.41) is 14.5. The van der Waals surface area contributed by atoms with Gasteiger partial charge >= 0.3 is 5.97 Å². The maximum absolute atomic E-state index is 10.5. The van der Waals surface area contributed by atoms with Gasteiger partial charge < -0.3 is 5.11 Å². The molecule has 1 atom stereocenters. The second-order valence-electron chi connectivity index (χ2n) is 2.15. The first-order chi connectivity index (χ1) is 6.02. The maximum atomic E-state index is 10.5. The van der Waals surface area contributed by atoms with Crippen LogP contribution in [0.15, 0.2) is 6.07 Å². The number of thiol groups is 1. The number of aromatic nitrogens is 2. The summed E-state index contributed by atoms with van der Waals surface area (Å²) in [6.07, 6.45) is 0. The number of hydrogen-bond acceptors (Lipinski definition) is 4. The van der Waals surface area contributed by atoms with E-state index in [1.807, 2.05) is 0 Å². The third kappa shape index (κ3) is 2.46. The highest BCUT2D eigenvalue weighted by Gasteiger charge is 2.19. The standard InChI is InChI=1S/C6H4Cl2N2O2S/c7-3-1-2(4(13)6(11)12)5(8)10-9-3/h1,4,13H,(H,11,12). The van der Waals surface area contributed by atoms with Gasteiger partial charge in [-0.15, -0.1) is 10.2 Å². The van der Waals surface area contributed by atoms with Crippen molar-refractivity contribution in [3.05, 3.63) is 21.9 Å². The molecule has 0 amide bonds. The molecule has 0 saturated carbocycles. The molecule has 0 fully saturated rings. The summed E-state index contributed by atoms with van der Waals surface area (Å²) in [6.45, 7) is 0. The van der Waals surface area contributed by atoms with Crippen molar-refractivity contribution < 1.29 is 9.90 Å². The van der Waals surface area contributed by atoms with Crippen molar-refractivity contribution in [1.29, 1.82) is 0 Å². The van der Waals surface area contributed by atoms with Crippen LogP contribution in [0, 0.1) is 0 Å². The highest BCUT2D eigenvalue weighted by Crippen LogP contribution is 2.27. The van der Waals surface area contributed by atoms with Crippen LogP contribution >= 0.6 is 35.8 Å². The lowest BCUT2D eigenvalue weighted by Crippen LogP contribution is -2.07. The van der Waals surface area contributed by atoms with Gasteiger partial charge in [-0.05, 0) is 6.07 Å². The number of nitrogens with zero attached hydrogens (tertiary/aromatic N) is 2. The van der Waals surface area contributed by atoms with Crippen LogP contribution in [0.3, 0.4) is 0 Å². The molecule has 1 aromatic heterocycles. The first kappa shape index (κ1) is 10.6. The minimum Gasteiger partial charge on any atom is -0.480 e. The molecule has 1 rings (SSSR count). The molecule has 4 nitrogen and oxygen atoms in total. The van der Waals surface area contributed by atoms with Gasteiger partial charge in [-0.1, -0.05) is 23.2 Å². The molecule has 0 aliphatic carbocycles. The monoisotopic (exact) mass is 238 g/mol. The number of halogens is 2. The lowest BCUT2D eigenvalue weighted by molar-refractivity contribution is -0.136. The Bertz CT molecular complexity index is 347. The summed E-state index contributed by atoms with van der Waals surface area (Å²) in [6, 6.07) is 1.32. The van der Waals surface area contributed by atoms with Crippen molar-refractivity contribution in [2.75, 3.05) is 0 Å². The minimum atomic E-state index is -1.12. The molecule has 1 N–H and O–H groups in total. The molecule has 1 heterocycles. The molecule has 0 bridgehead atoms. The van der Waals surface area contributed by atoms with Crippen molar-refractivity contribution in [1.82, 2.24) is 10.2 Å². The van der Waals surface area contributed by atoms with Gasteiger partial charge in [0, 0.05) is 5.56 Å². The van der Waals surface area contributed by atoms with E-state index < -0.39 is 11.2 Å². The lowest BCUT2D eigenvalue weighted by atomic mass is 10.2. The highest BCUT2D eigenvalue weighted by atomic mass is 35.5. The Morgan fingerprint density at radius 1 is 1.54 bits per heavy atom. The van der Waals surface area contributed by atoms with Crippen molar-refractivity contribution in [3.8, 4) is 0 Å². The average Bonchev–Trinajstić information content (AvgIpc) is 2.08. The van der Waals surface area contributed by atoms with E-state index in [4.69, 9.17) is 28.3 Å². The summed E-state index contributed by atoms with van der Waals surface area (Å²) >= 11 is 14.9. The number of carboxylic acids is 1. The predicted molar refractivity (Wildman–Crippen MR) is 51.4 cm³/mol. The molecular weight excluding hydrogens is 235 g/mol. The molecule has 70 valence electrons. The summed E-state index contributed by atoms with van der Waals surface area (Å²) in [5.41, 5.74) is 0.234. The van der Waals surface area contributed by atoms with Crippen LogP contribution in [0.2, 0.25) is 10.3 Å². The first-order valence-corrected chi connectivity index (χ1v) is 4.39. The number of carbonyl (C=O) groups is 1. The predicted octanol–water partition coefficient (Wildman–Crippen LogP) is 1.84. The van der Waals surface area contributed by atoms with E-state index in [1.54, 1.807) is 0 Å². The van der Waals surface area contributed by atoms with Crippen LogP contribution in [0.4, 0.5) is 0 Å². The van der Waals surface area contributed by atoms with Gasteiger partial charge in [-0.3, -0.25) is 4.79 Å². The minimum absolute atomic E-state index is 0.00759. The van der Waals surface area contributed by atoms with Crippen LogP contribution in [-0.4, -0.2) is 21.3 Å². The molecule has 0 saturated heterocycles. The van der Waals surface area contributed by atoms with Crippen molar-refractivity contribution in [2.24, 2.45) is 0 Å². The highest BCUT2D eigenvalue weighted by molar-refractivity contribution is 7.81. The van der Waals surface area contributed by atoms with E-state index in [0.717, 1.165) is 0 Å². The fourth-order valence-corrected chi connectivity index (χ4v) is 1.32. The zero-order chi connectivity index (χ0) is 10.0. The zero-order valence-electron chi connectivity index (χ0n) is 6.11. The molecule has 0 radical (unpaired) electrons. The van der Waals surface area contributed by atoms with E-state index in [-0.39, 0.29) is 15.9 Å². The Morgan fingerprint density at radius 2 is 2.15 bits per heavy atom. The molecule has 0 aliphatic rings. The van der Waals surface area contributed by atoms with Gasteiger partial charge in [0.05, 0.1) is 0 Å². The average molecular weight is 239 g/mol. The molecular formula is C6H4Cl2N2O2S. The smallest absolute Gasteiger partial charge is 0.321 e. The van der Waals surface area contributed by atoms with Gasteiger partial charge in [0.15, 0.2) is 10.3 Å². The molecule has 13 heavy (non-hydrogen) atoms.